The molecule has 0 spiro atoms. The van der Waals surface area contributed by atoms with E-state index < -0.39 is 0 Å². The molecule has 24 heavy (non-hydrogen) atoms. The van der Waals surface area contributed by atoms with Crippen molar-refractivity contribution >= 4 is 35.6 Å². The lowest BCUT2D eigenvalue weighted by Crippen LogP contribution is -2.34. The van der Waals surface area contributed by atoms with Crippen LogP contribution in [0.25, 0.3) is 0 Å². The van der Waals surface area contributed by atoms with Gasteiger partial charge in [-0.05, 0) is 18.1 Å². The number of methoxy groups -OCH3 is 1. The van der Waals surface area contributed by atoms with Gasteiger partial charge in [-0.2, -0.15) is 0 Å². The maximum absolute atomic E-state index is 6.02. The first kappa shape index (κ1) is 21.1. The summed E-state index contributed by atoms with van der Waals surface area (Å²) in [5, 5.41) is 0. The number of halogens is 3. The molecule has 2 aromatic rings. The van der Waals surface area contributed by atoms with Gasteiger partial charge < -0.3 is 4.74 Å². The predicted octanol–water partition coefficient (Wildman–Crippen LogP) is 5.18. The van der Waals surface area contributed by atoms with Crippen LogP contribution in [0.15, 0.2) is 54.6 Å². The summed E-state index contributed by atoms with van der Waals surface area (Å²) in [6.07, 6.45) is 0.898. The smallest absolute Gasteiger partial charge is 0.123 e. The fraction of sp³-hybridized carbons (Fsp3) is 0.368. The van der Waals surface area contributed by atoms with Crippen LogP contribution in [0.1, 0.15) is 17.2 Å². The molecule has 0 heterocycles. The predicted molar refractivity (Wildman–Crippen MR) is 106 cm³/mol. The molecule has 0 saturated heterocycles. The summed E-state index contributed by atoms with van der Waals surface area (Å²) in [7, 11) is 1.71. The minimum absolute atomic E-state index is 0. The number of hydrogen-bond acceptors (Lipinski definition) is 2. The van der Waals surface area contributed by atoms with Crippen LogP contribution in [-0.4, -0.2) is 36.9 Å². The number of rotatable bonds is 9. The van der Waals surface area contributed by atoms with Crippen LogP contribution < -0.4 is 4.74 Å². The van der Waals surface area contributed by atoms with Gasteiger partial charge in [0.15, 0.2) is 0 Å². The van der Waals surface area contributed by atoms with Gasteiger partial charge in [0, 0.05) is 36.5 Å². The molecule has 1 atom stereocenters. The maximum Gasteiger partial charge on any atom is 0.123 e. The van der Waals surface area contributed by atoms with E-state index in [1.807, 2.05) is 18.2 Å². The van der Waals surface area contributed by atoms with E-state index in [4.69, 9.17) is 27.9 Å². The minimum Gasteiger partial charge on any atom is -0.496 e. The number of ether oxygens (including phenoxy) is 1. The zero-order valence-corrected chi connectivity index (χ0v) is 16.2. The highest BCUT2D eigenvalue weighted by Crippen LogP contribution is 2.32. The lowest BCUT2D eigenvalue weighted by molar-refractivity contribution is 0.215. The molecular weight excluding hydrogens is 365 g/mol. The van der Waals surface area contributed by atoms with Crippen molar-refractivity contribution in [3.05, 3.63) is 65.7 Å². The molecule has 0 aliphatic carbocycles. The first-order valence-corrected chi connectivity index (χ1v) is 8.90. The fourth-order valence-corrected chi connectivity index (χ4v) is 3.29. The third-order valence-electron chi connectivity index (χ3n) is 3.95. The molecule has 1 unspecified atom stereocenters. The quantitative estimate of drug-likeness (QED) is 0.549. The van der Waals surface area contributed by atoms with Crippen molar-refractivity contribution in [2.24, 2.45) is 0 Å². The molecule has 0 amide bonds. The van der Waals surface area contributed by atoms with E-state index in [0.29, 0.717) is 11.8 Å². The van der Waals surface area contributed by atoms with Gasteiger partial charge in [-0.15, -0.1) is 35.6 Å². The van der Waals surface area contributed by atoms with E-state index in [1.165, 1.54) is 11.1 Å². The van der Waals surface area contributed by atoms with Gasteiger partial charge in [-0.1, -0.05) is 48.5 Å². The largest absolute Gasteiger partial charge is 0.496 e. The first-order valence-electron chi connectivity index (χ1n) is 7.83. The summed E-state index contributed by atoms with van der Waals surface area (Å²) in [6.45, 7) is 1.59. The second-order valence-corrected chi connectivity index (χ2v) is 6.12. The van der Waals surface area contributed by atoms with Gasteiger partial charge in [0.1, 0.15) is 5.75 Å². The summed E-state index contributed by atoms with van der Waals surface area (Å²) < 4.78 is 5.58. The van der Waals surface area contributed by atoms with E-state index >= 15 is 0 Å². The molecular formula is C19H24Cl3NO. The molecule has 0 aliphatic heterocycles. The Hall–Kier alpha value is -0.930. The van der Waals surface area contributed by atoms with Crippen molar-refractivity contribution in [1.29, 1.82) is 0 Å². The van der Waals surface area contributed by atoms with Crippen molar-refractivity contribution in [2.45, 2.75) is 12.5 Å². The van der Waals surface area contributed by atoms with Crippen molar-refractivity contribution < 1.29 is 4.74 Å². The summed E-state index contributed by atoms with van der Waals surface area (Å²) >= 11 is 12.0. The van der Waals surface area contributed by atoms with Crippen molar-refractivity contribution in [1.82, 2.24) is 4.90 Å². The molecule has 0 bridgehead atoms. The highest BCUT2D eigenvalue weighted by Gasteiger charge is 2.23. The Morgan fingerprint density at radius 3 is 2.08 bits per heavy atom. The molecule has 0 aromatic heterocycles. The molecule has 2 aromatic carbocycles. The SMILES string of the molecule is COc1ccccc1C(Cc1ccccc1)N(CCCl)CCCl.Cl. The zero-order chi connectivity index (χ0) is 16.5. The fourth-order valence-electron chi connectivity index (χ4n) is 2.86. The van der Waals surface area contributed by atoms with Crippen LogP contribution in [0.4, 0.5) is 0 Å². The highest BCUT2D eigenvalue weighted by molar-refractivity contribution is 6.18. The second-order valence-electron chi connectivity index (χ2n) is 5.36. The van der Waals surface area contributed by atoms with Crippen LogP contribution >= 0.6 is 35.6 Å². The Morgan fingerprint density at radius 2 is 1.50 bits per heavy atom. The molecule has 0 radical (unpaired) electrons. The van der Waals surface area contributed by atoms with Gasteiger partial charge >= 0.3 is 0 Å². The Kier molecular flexibility index (Phi) is 10.2. The summed E-state index contributed by atoms with van der Waals surface area (Å²) in [4.78, 5) is 2.34. The minimum atomic E-state index is 0. The summed E-state index contributed by atoms with van der Waals surface area (Å²) in [6, 6.07) is 18.9. The lowest BCUT2D eigenvalue weighted by Gasteiger charge is -2.32. The van der Waals surface area contributed by atoms with Crippen molar-refractivity contribution in [3.63, 3.8) is 0 Å². The number of para-hydroxylation sites is 1. The number of nitrogens with zero attached hydrogens (tertiary/aromatic N) is 1. The molecule has 0 N–H and O–H groups in total. The average Bonchev–Trinajstić information content (AvgIpc) is 2.60. The van der Waals surface area contributed by atoms with Gasteiger partial charge in [0.05, 0.1) is 7.11 Å². The van der Waals surface area contributed by atoms with E-state index in [9.17, 15) is 0 Å². The average molecular weight is 389 g/mol. The molecule has 0 fully saturated rings. The zero-order valence-electron chi connectivity index (χ0n) is 13.8. The van der Waals surface area contributed by atoms with Gasteiger partial charge in [0.2, 0.25) is 0 Å². The Bertz CT molecular complexity index is 574. The standard InChI is InChI=1S/C19H23Cl2NO.ClH/c1-23-19-10-6-5-9-17(19)18(22(13-11-20)14-12-21)15-16-7-3-2-4-8-16;/h2-10,18H,11-15H2,1H3;1H. The highest BCUT2D eigenvalue weighted by atomic mass is 35.5. The van der Waals surface area contributed by atoms with Gasteiger partial charge in [-0.3, -0.25) is 4.90 Å². The summed E-state index contributed by atoms with van der Waals surface area (Å²) in [5.41, 5.74) is 2.46. The van der Waals surface area contributed by atoms with Crippen molar-refractivity contribution in [2.75, 3.05) is 32.0 Å². The summed E-state index contributed by atoms with van der Waals surface area (Å²) in [5.74, 6) is 2.07. The van der Waals surface area contributed by atoms with Gasteiger partial charge in [-0.25, -0.2) is 0 Å². The van der Waals surface area contributed by atoms with Crippen LogP contribution in [0.5, 0.6) is 5.75 Å². The van der Waals surface area contributed by atoms with Crippen LogP contribution in [0.2, 0.25) is 0 Å². The Labute approximate surface area is 161 Å². The molecule has 132 valence electrons. The van der Waals surface area contributed by atoms with E-state index in [-0.39, 0.29) is 18.4 Å². The van der Waals surface area contributed by atoms with E-state index in [0.717, 1.165) is 25.3 Å². The third kappa shape index (κ3) is 5.86. The molecule has 5 heteroatoms. The van der Waals surface area contributed by atoms with Gasteiger partial charge in [0.25, 0.3) is 0 Å². The van der Waals surface area contributed by atoms with Crippen molar-refractivity contribution in [3.8, 4) is 5.75 Å². The topological polar surface area (TPSA) is 12.5 Å². The Balaban J connectivity index is 0.00000288. The molecule has 0 aliphatic rings. The first-order chi connectivity index (χ1) is 11.3. The van der Waals surface area contributed by atoms with E-state index in [1.54, 1.807) is 7.11 Å². The Morgan fingerprint density at radius 1 is 0.917 bits per heavy atom. The lowest BCUT2D eigenvalue weighted by atomic mass is 9.96. The monoisotopic (exact) mass is 387 g/mol. The second kappa shape index (κ2) is 11.6. The molecule has 2 nitrogen and oxygen atoms in total. The van der Waals surface area contributed by atoms with Crippen LogP contribution in [0, 0.1) is 0 Å². The number of alkyl halides is 2. The normalized spacial score (nSPS) is 11.8. The third-order valence-corrected chi connectivity index (χ3v) is 4.29. The van der Waals surface area contributed by atoms with Crippen LogP contribution in [0.3, 0.4) is 0 Å². The van der Waals surface area contributed by atoms with E-state index in [2.05, 4.69) is 41.3 Å². The number of hydrogen-bond donors (Lipinski definition) is 0. The number of benzene rings is 2. The van der Waals surface area contributed by atoms with Crippen LogP contribution in [-0.2, 0) is 6.42 Å². The molecule has 2 rings (SSSR count). The molecule has 0 saturated carbocycles. The maximum atomic E-state index is 6.02.